The molecule has 0 aliphatic rings. The molecule has 0 aromatic carbocycles. The van der Waals surface area contributed by atoms with Gasteiger partial charge in [0.05, 0.1) is 0 Å². The van der Waals surface area contributed by atoms with Crippen LogP contribution in [0, 0.1) is 0 Å². The zero-order valence-corrected chi connectivity index (χ0v) is 15.4. The van der Waals surface area contributed by atoms with E-state index in [0.29, 0.717) is 14.5 Å². The maximum absolute atomic E-state index is 4.27. The second kappa shape index (κ2) is 9.74. The Morgan fingerprint density at radius 3 is 2.40 bits per heavy atom. The molecule has 0 amide bonds. The van der Waals surface area contributed by atoms with E-state index in [-0.39, 0.29) is 0 Å². The van der Waals surface area contributed by atoms with Crippen molar-refractivity contribution in [3.63, 3.8) is 0 Å². The minimum atomic E-state index is 0.685. The Hall–Kier alpha value is 1.74. The van der Waals surface area contributed by atoms with Crippen LogP contribution in [0.4, 0.5) is 0 Å². The molecule has 0 saturated heterocycles. The van der Waals surface area contributed by atoms with Crippen molar-refractivity contribution >= 4 is 69.7 Å². The third-order valence-electron chi connectivity index (χ3n) is 1.80. The van der Waals surface area contributed by atoms with Crippen LogP contribution in [0.1, 0.15) is 10.0 Å². The zero-order chi connectivity index (χ0) is 10.9. The van der Waals surface area contributed by atoms with Gasteiger partial charge < -0.3 is 0 Å². The van der Waals surface area contributed by atoms with Gasteiger partial charge in [-0.25, -0.2) is 0 Å². The van der Waals surface area contributed by atoms with Crippen LogP contribution in [0.15, 0.2) is 11.0 Å². The van der Waals surface area contributed by atoms with Crippen molar-refractivity contribution in [1.29, 1.82) is 0 Å². The molecule has 0 aliphatic heterocycles. The van der Waals surface area contributed by atoms with Crippen molar-refractivity contribution in [3.05, 3.63) is 21.0 Å². The van der Waals surface area contributed by atoms with E-state index in [1.54, 1.807) is 10.0 Å². The second-order valence-electron chi connectivity index (χ2n) is 2.92. The standard InChI is InChI=1S/C10H16S2Se3/c11-2-5-13-7-9-1-4-15-10(9)8-14-6-3-12/h1,4,11-12H,2-3,5-8H2. The summed E-state index contributed by atoms with van der Waals surface area (Å²) in [7, 11) is 0. The fourth-order valence-electron chi connectivity index (χ4n) is 1.10. The Balaban J connectivity index is 2.32. The van der Waals surface area contributed by atoms with Gasteiger partial charge in [-0.3, -0.25) is 0 Å². The predicted molar refractivity (Wildman–Crippen MR) is 79.6 cm³/mol. The van der Waals surface area contributed by atoms with Crippen molar-refractivity contribution in [3.8, 4) is 0 Å². The Bertz CT molecular complexity index is 238. The molecule has 0 fully saturated rings. The summed E-state index contributed by atoms with van der Waals surface area (Å²) < 4.78 is 1.78. The van der Waals surface area contributed by atoms with Crippen LogP contribution in [0.25, 0.3) is 0 Å². The van der Waals surface area contributed by atoms with Crippen LogP contribution in [0.5, 0.6) is 0 Å². The summed E-state index contributed by atoms with van der Waals surface area (Å²) in [6.45, 7) is 0. The van der Waals surface area contributed by atoms with Crippen LogP contribution >= 0.6 is 25.3 Å². The van der Waals surface area contributed by atoms with Gasteiger partial charge in [-0.05, 0) is 0 Å². The quantitative estimate of drug-likeness (QED) is 0.346. The van der Waals surface area contributed by atoms with Gasteiger partial charge in [0.25, 0.3) is 0 Å². The van der Waals surface area contributed by atoms with Crippen molar-refractivity contribution in [2.45, 2.75) is 21.3 Å². The molecule has 1 aromatic heterocycles. The molecule has 5 heteroatoms. The molecule has 86 valence electrons. The van der Waals surface area contributed by atoms with Crippen molar-refractivity contribution in [2.24, 2.45) is 0 Å². The Labute approximate surface area is 122 Å². The van der Waals surface area contributed by atoms with Gasteiger partial charge in [-0.15, -0.1) is 0 Å². The van der Waals surface area contributed by atoms with E-state index in [4.69, 9.17) is 0 Å². The van der Waals surface area contributed by atoms with Crippen LogP contribution < -0.4 is 0 Å². The molecule has 0 unspecified atom stereocenters. The van der Waals surface area contributed by atoms with Gasteiger partial charge >= 0.3 is 123 Å². The third-order valence-corrected chi connectivity index (χ3v) is 10.7. The second-order valence-corrected chi connectivity index (χ2v) is 10.6. The fraction of sp³-hybridized carbons (Fsp3) is 0.600. The zero-order valence-electron chi connectivity index (χ0n) is 8.52. The summed E-state index contributed by atoms with van der Waals surface area (Å²) in [5, 5.41) is 5.37. The summed E-state index contributed by atoms with van der Waals surface area (Å²) in [5.41, 5.74) is 1.68. The van der Waals surface area contributed by atoms with Crippen LogP contribution in [-0.2, 0) is 10.6 Å². The summed E-state index contributed by atoms with van der Waals surface area (Å²) >= 11 is 10.8. The fourth-order valence-corrected chi connectivity index (χ4v) is 9.09. The molecule has 0 atom stereocenters. The normalized spacial score (nSPS) is 10.8. The van der Waals surface area contributed by atoms with Crippen molar-refractivity contribution in [2.75, 3.05) is 11.5 Å². The van der Waals surface area contributed by atoms with Crippen LogP contribution in [0.3, 0.4) is 0 Å². The van der Waals surface area contributed by atoms with E-state index in [2.05, 4.69) is 36.3 Å². The molecule has 0 N–H and O–H groups in total. The first-order valence-corrected chi connectivity index (χ1v) is 12.8. The molecule has 0 spiro atoms. The average Bonchev–Trinajstić information content (AvgIpc) is 2.67. The van der Waals surface area contributed by atoms with Crippen molar-refractivity contribution in [1.82, 2.24) is 0 Å². The predicted octanol–water partition coefficient (Wildman–Crippen LogP) is 1.85. The first-order chi connectivity index (χ1) is 7.38. The van der Waals surface area contributed by atoms with Crippen LogP contribution in [-0.4, -0.2) is 55.9 Å². The molecule has 0 saturated carbocycles. The average molecular weight is 437 g/mol. The maximum atomic E-state index is 4.27. The first-order valence-electron chi connectivity index (χ1n) is 4.81. The Morgan fingerprint density at radius 2 is 1.73 bits per heavy atom. The van der Waals surface area contributed by atoms with Crippen LogP contribution in [0.2, 0.25) is 10.6 Å². The molecular weight excluding hydrogens is 421 g/mol. The van der Waals surface area contributed by atoms with E-state index >= 15 is 0 Å². The van der Waals surface area contributed by atoms with Gasteiger partial charge in [-0.2, -0.15) is 0 Å². The Kier molecular flexibility index (Phi) is 9.61. The summed E-state index contributed by atoms with van der Waals surface area (Å²) in [6, 6.07) is 2.38. The van der Waals surface area contributed by atoms with E-state index in [0.717, 1.165) is 41.4 Å². The topological polar surface area (TPSA) is 0 Å². The monoisotopic (exact) mass is 440 g/mol. The summed E-state index contributed by atoms with van der Waals surface area (Å²) in [4.78, 5) is 2.39. The number of hydrogen-bond acceptors (Lipinski definition) is 2. The number of hydrogen-bond donors (Lipinski definition) is 2. The minimum absolute atomic E-state index is 0.685. The third kappa shape index (κ3) is 6.29. The first kappa shape index (κ1) is 14.8. The van der Waals surface area contributed by atoms with Gasteiger partial charge in [-0.1, -0.05) is 0 Å². The summed E-state index contributed by atoms with van der Waals surface area (Å²) in [5.74, 6) is 2.12. The molecular formula is C10H16S2Se3. The molecule has 0 radical (unpaired) electrons. The number of rotatable bonds is 8. The molecule has 1 aromatic rings. The van der Waals surface area contributed by atoms with E-state index in [9.17, 15) is 0 Å². The van der Waals surface area contributed by atoms with Gasteiger partial charge in [0.1, 0.15) is 0 Å². The molecule has 0 aliphatic carbocycles. The Morgan fingerprint density at radius 1 is 1.07 bits per heavy atom. The molecule has 1 heterocycles. The van der Waals surface area contributed by atoms with Gasteiger partial charge in [0, 0.05) is 0 Å². The van der Waals surface area contributed by atoms with E-state index in [1.165, 1.54) is 21.3 Å². The molecule has 15 heavy (non-hydrogen) atoms. The number of thiol groups is 2. The van der Waals surface area contributed by atoms with Crippen molar-refractivity contribution < 1.29 is 0 Å². The van der Waals surface area contributed by atoms with E-state index < -0.39 is 0 Å². The molecule has 1 rings (SSSR count). The molecule has 0 nitrogen and oxygen atoms in total. The molecule has 0 bridgehead atoms. The SMILES string of the molecule is SCC[Se]Cc1cc[se]c1C[Se]CCS. The van der Waals surface area contributed by atoms with Gasteiger partial charge in [0.15, 0.2) is 0 Å². The van der Waals surface area contributed by atoms with E-state index in [1.807, 2.05) is 0 Å². The van der Waals surface area contributed by atoms with Gasteiger partial charge in [0.2, 0.25) is 0 Å². The summed E-state index contributed by atoms with van der Waals surface area (Å²) in [6.07, 6.45) is 0.